The van der Waals surface area contributed by atoms with Crippen LogP contribution in [0.1, 0.15) is 13.8 Å². The van der Waals surface area contributed by atoms with E-state index in [1.807, 2.05) is 13.8 Å². The topological polar surface area (TPSA) is 58.4 Å². The van der Waals surface area contributed by atoms with Crippen molar-refractivity contribution in [3.63, 3.8) is 0 Å². The minimum atomic E-state index is -0.0880. The van der Waals surface area contributed by atoms with Gasteiger partial charge in [0.1, 0.15) is 6.17 Å². The molecule has 4 heteroatoms. The second-order valence-corrected chi connectivity index (χ2v) is 3.02. The summed E-state index contributed by atoms with van der Waals surface area (Å²) < 4.78 is 0. The number of nitrogens with zero attached hydrogens (tertiary/aromatic N) is 1. The highest BCUT2D eigenvalue weighted by Crippen LogP contribution is 2.13. The van der Waals surface area contributed by atoms with E-state index in [1.165, 1.54) is 0 Å². The first kappa shape index (κ1) is 9.06. The number of hydrogen-bond donors (Lipinski definition) is 2. The molecule has 1 fully saturated rings. The van der Waals surface area contributed by atoms with E-state index in [0.717, 1.165) is 0 Å². The van der Waals surface area contributed by atoms with Gasteiger partial charge in [0.05, 0.1) is 5.70 Å². The number of nitrogens with one attached hydrogen (secondary N) is 1. The molecule has 0 aromatic heterocycles. The van der Waals surface area contributed by atoms with E-state index in [2.05, 4.69) is 11.9 Å². The Labute approximate surface area is 72.4 Å². The highest BCUT2D eigenvalue weighted by Gasteiger charge is 2.34. The maximum atomic E-state index is 11.4. The summed E-state index contributed by atoms with van der Waals surface area (Å²) in [5, 5.41) is 2.96. The van der Waals surface area contributed by atoms with Crippen LogP contribution >= 0.6 is 0 Å². The second kappa shape index (κ2) is 3.15. The van der Waals surface area contributed by atoms with Gasteiger partial charge < -0.3 is 16.0 Å². The van der Waals surface area contributed by atoms with Crippen LogP contribution in [0, 0.1) is 0 Å². The minimum absolute atomic E-state index is 0.0419. The van der Waals surface area contributed by atoms with E-state index in [0.29, 0.717) is 12.2 Å². The van der Waals surface area contributed by atoms with Gasteiger partial charge in [0.15, 0.2) is 0 Å². The Kier molecular flexibility index (Phi) is 2.38. The summed E-state index contributed by atoms with van der Waals surface area (Å²) in [6, 6.07) is -0.0758. The van der Waals surface area contributed by atoms with Crippen LogP contribution in [-0.4, -0.2) is 29.6 Å². The van der Waals surface area contributed by atoms with Crippen LogP contribution < -0.4 is 11.1 Å². The van der Waals surface area contributed by atoms with E-state index in [4.69, 9.17) is 5.73 Å². The molecule has 1 aliphatic heterocycles. The zero-order chi connectivity index (χ0) is 9.30. The molecule has 1 amide bonds. The molecule has 1 saturated heterocycles. The van der Waals surface area contributed by atoms with Gasteiger partial charge in [0, 0.05) is 12.6 Å². The number of carbonyl (C=O) groups excluding carboxylic acids is 1. The minimum Gasteiger partial charge on any atom is -0.360 e. The normalized spacial score (nSPS) is 25.9. The lowest BCUT2D eigenvalue weighted by molar-refractivity contribution is -0.126. The van der Waals surface area contributed by atoms with E-state index in [-0.39, 0.29) is 18.1 Å². The van der Waals surface area contributed by atoms with Crippen LogP contribution in [0.15, 0.2) is 12.3 Å². The van der Waals surface area contributed by atoms with Crippen molar-refractivity contribution in [1.29, 1.82) is 0 Å². The molecule has 2 unspecified atom stereocenters. The Morgan fingerprint density at radius 2 is 2.42 bits per heavy atom. The van der Waals surface area contributed by atoms with Crippen molar-refractivity contribution in [2.75, 3.05) is 6.54 Å². The third-order valence-corrected chi connectivity index (χ3v) is 2.02. The smallest absolute Gasteiger partial charge is 0.271 e. The number of amides is 1. The van der Waals surface area contributed by atoms with E-state index < -0.39 is 0 Å². The maximum Gasteiger partial charge on any atom is 0.271 e. The molecule has 3 N–H and O–H groups in total. The SMILES string of the molecule is C=C1NC(C(C)N)N(CC)C1=O. The zero-order valence-electron chi connectivity index (χ0n) is 7.50. The summed E-state index contributed by atoms with van der Waals surface area (Å²) in [6.45, 7) is 8.06. The lowest BCUT2D eigenvalue weighted by Gasteiger charge is -2.25. The quantitative estimate of drug-likeness (QED) is 0.554. The molecule has 0 aliphatic carbocycles. The summed E-state index contributed by atoms with van der Waals surface area (Å²) in [7, 11) is 0. The third-order valence-electron chi connectivity index (χ3n) is 2.02. The maximum absolute atomic E-state index is 11.4. The third kappa shape index (κ3) is 1.30. The highest BCUT2D eigenvalue weighted by atomic mass is 16.2. The van der Waals surface area contributed by atoms with Crippen LogP contribution in [0.4, 0.5) is 0 Å². The fourth-order valence-corrected chi connectivity index (χ4v) is 1.37. The molecular formula is C8H15N3O. The number of likely N-dealkylation sites (N-methyl/N-ethyl adjacent to an activating group) is 1. The van der Waals surface area contributed by atoms with Crippen LogP contribution in [0.2, 0.25) is 0 Å². The molecule has 4 nitrogen and oxygen atoms in total. The van der Waals surface area contributed by atoms with Crippen molar-refractivity contribution in [3.05, 3.63) is 12.3 Å². The molecule has 2 atom stereocenters. The molecule has 12 heavy (non-hydrogen) atoms. The summed E-state index contributed by atoms with van der Waals surface area (Å²) >= 11 is 0. The zero-order valence-corrected chi connectivity index (χ0v) is 7.50. The average molecular weight is 169 g/mol. The summed E-state index contributed by atoms with van der Waals surface area (Å²) in [4.78, 5) is 13.0. The molecule has 0 aromatic rings. The number of rotatable bonds is 2. The molecule has 1 heterocycles. The molecule has 0 saturated carbocycles. The Morgan fingerprint density at radius 1 is 1.83 bits per heavy atom. The fourth-order valence-electron chi connectivity index (χ4n) is 1.37. The monoisotopic (exact) mass is 169 g/mol. The Morgan fingerprint density at radius 3 is 2.75 bits per heavy atom. The van der Waals surface area contributed by atoms with Crippen molar-refractivity contribution >= 4 is 5.91 Å². The molecule has 0 spiro atoms. The highest BCUT2D eigenvalue weighted by molar-refractivity contribution is 5.94. The largest absolute Gasteiger partial charge is 0.360 e. The molecule has 0 radical (unpaired) electrons. The lowest BCUT2D eigenvalue weighted by atomic mass is 10.2. The molecular weight excluding hydrogens is 154 g/mol. The van der Waals surface area contributed by atoms with Crippen LogP contribution in [0.5, 0.6) is 0 Å². The number of hydrogen-bond acceptors (Lipinski definition) is 3. The standard InChI is InChI=1S/C8H15N3O/c1-4-11-7(5(2)9)10-6(3)8(11)12/h5,7,10H,3-4,9H2,1-2H3. The first-order valence-electron chi connectivity index (χ1n) is 4.10. The van der Waals surface area contributed by atoms with Crippen molar-refractivity contribution in [1.82, 2.24) is 10.2 Å². The van der Waals surface area contributed by atoms with E-state index in [1.54, 1.807) is 4.90 Å². The van der Waals surface area contributed by atoms with Crippen LogP contribution in [-0.2, 0) is 4.79 Å². The van der Waals surface area contributed by atoms with Crippen molar-refractivity contribution in [2.24, 2.45) is 5.73 Å². The van der Waals surface area contributed by atoms with Gasteiger partial charge in [-0.05, 0) is 13.8 Å². The van der Waals surface area contributed by atoms with Crippen LogP contribution in [0.3, 0.4) is 0 Å². The molecule has 1 rings (SSSR count). The number of nitrogens with two attached hydrogens (primary N) is 1. The van der Waals surface area contributed by atoms with Gasteiger partial charge >= 0.3 is 0 Å². The number of carbonyl (C=O) groups is 1. The second-order valence-electron chi connectivity index (χ2n) is 3.02. The van der Waals surface area contributed by atoms with Gasteiger partial charge in [-0.15, -0.1) is 0 Å². The fraction of sp³-hybridized carbons (Fsp3) is 0.625. The lowest BCUT2D eigenvalue weighted by Crippen LogP contribution is -2.48. The van der Waals surface area contributed by atoms with Crippen molar-refractivity contribution < 1.29 is 4.79 Å². The van der Waals surface area contributed by atoms with Crippen molar-refractivity contribution in [3.8, 4) is 0 Å². The first-order valence-corrected chi connectivity index (χ1v) is 4.10. The summed E-state index contributed by atoms with van der Waals surface area (Å²) in [5.41, 5.74) is 6.13. The van der Waals surface area contributed by atoms with Crippen molar-refractivity contribution in [2.45, 2.75) is 26.1 Å². The molecule has 68 valence electrons. The van der Waals surface area contributed by atoms with E-state index >= 15 is 0 Å². The molecule has 1 aliphatic rings. The van der Waals surface area contributed by atoms with Gasteiger partial charge in [0.2, 0.25) is 0 Å². The Bertz CT molecular complexity index is 212. The molecule has 0 bridgehead atoms. The van der Waals surface area contributed by atoms with Crippen LogP contribution in [0.25, 0.3) is 0 Å². The predicted octanol–water partition coefficient (Wildman–Crippen LogP) is -0.375. The Balaban J connectivity index is 2.78. The Hall–Kier alpha value is -1.03. The first-order chi connectivity index (χ1) is 5.57. The summed E-state index contributed by atoms with van der Waals surface area (Å²) in [5.74, 6) is -0.0419. The van der Waals surface area contributed by atoms with E-state index in [9.17, 15) is 4.79 Å². The van der Waals surface area contributed by atoms with Gasteiger partial charge in [-0.2, -0.15) is 0 Å². The van der Waals surface area contributed by atoms with Gasteiger partial charge in [-0.25, -0.2) is 0 Å². The average Bonchev–Trinajstić information content (AvgIpc) is 2.29. The predicted molar refractivity (Wildman–Crippen MR) is 47.1 cm³/mol. The molecule has 0 aromatic carbocycles. The van der Waals surface area contributed by atoms with Gasteiger partial charge in [-0.3, -0.25) is 4.79 Å². The summed E-state index contributed by atoms with van der Waals surface area (Å²) in [6.07, 6.45) is -0.0880. The van der Waals surface area contributed by atoms with Gasteiger partial charge in [-0.1, -0.05) is 6.58 Å². The van der Waals surface area contributed by atoms with Gasteiger partial charge in [0.25, 0.3) is 5.91 Å².